The highest BCUT2D eigenvalue weighted by molar-refractivity contribution is 7.97. The molecule has 3 aromatic carbocycles. The number of rotatable bonds is 5. The summed E-state index contributed by atoms with van der Waals surface area (Å²) in [5.74, 6) is 0.211. The minimum Gasteiger partial charge on any atom is -0.465 e. The normalized spacial score (nSPS) is 16.9. The maximum Gasteiger partial charge on any atom is 0.199 e. The zero-order valence-electron chi connectivity index (χ0n) is 15.3. The molecule has 144 valence electrons. The Bertz CT molecular complexity index is 844. The Labute approximate surface area is 166 Å². The average Bonchev–Trinajstić information content (AvgIpc) is 2.73. The number of ether oxygens (including phenoxy) is 2. The van der Waals surface area contributed by atoms with Gasteiger partial charge in [0, 0.05) is 6.42 Å². The molecule has 0 saturated carbocycles. The number of hydrogen-bond acceptors (Lipinski definition) is 2. The third kappa shape index (κ3) is 4.54. The average molecular weight is 399 g/mol. The zero-order valence-corrected chi connectivity index (χ0v) is 16.1. The minimum atomic E-state index is -0.466. The van der Waals surface area contributed by atoms with E-state index >= 15 is 0 Å². The molecule has 0 aromatic heterocycles. The lowest BCUT2D eigenvalue weighted by molar-refractivity contribution is -0.105. The summed E-state index contributed by atoms with van der Waals surface area (Å²) in [5, 5.41) is 0. The van der Waals surface area contributed by atoms with Crippen molar-refractivity contribution in [3.8, 4) is 5.75 Å². The molecule has 1 aliphatic rings. The number of benzene rings is 3. The summed E-state index contributed by atoms with van der Waals surface area (Å²) in [6.07, 6.45) is 2.90. The van der Waals surface area contributed by atoms with Gasteiger partial charge in [-0.1, -0.05) is 0 Å². The van der Waals surface area contributed by atoms with E-state index in [1.54, 1.807) is 24.3 Å². The summed E-state index contributed by atoms with van der Waals surface area (Å²) in [6, 6.07) is 20.8. The first-order chi connectivity index (χ1) is 13.7. The first-order valence-corrected chi connectivity index (χ1v) is 10.6. The van der Waals surface area contributed by atoms with Gasteiger partial charge in [-0.25, -0.2) is 8.78 Å². The molecule has 0 spiro atoms. The van der Waals surface area contributed by atoms with Crippen molar-refractivity contribution in [1.82, 2.24) is 0 Å². The molecule has 1 aliphatic heterocycles. The van der Waals surface area contributed by atoms with E-state index in [4.69, 9.17) is 9.47 Å². The molecule has 0 radical (unpaired) electrons. The Balaban J connectivity index is 1.62. The Morgan fingerprint density at radius 3 is 1.68 bits per heavy atom. The van der Waals surface area contributed by atoms with Crippen LogP contribution in [0.15, 0.2) is 87.5 Å². The Morgan fingerprint density at radius 1 is 0.714 bits per heavy atom. The van der Waals surface area contributed by atoms with Crippen molar-refractivity contribution in [3.63, 3.8) is 0 Å². The molecule has 1 heterocycles. The van der Waals surface area contributed by atoms with Crippen LogP contribution in [0.2, 0.25) is 0 Å². The molecule has 0 aliphatic carbocycles. The van der Waals surface area contributed by atoms with E-state index in [1.165, 1.54) is 24.3 Å². The molecular weight excluding hydrogens is 378 g/mol. The Morgan fingerprint density at radius 2 is 1.21 bits per heavy atom. The fraction of sp³-hybridized carbons (Fsp3) is 0.217. The second-order valence-electron chi connectivity index (χ2n) is 6.60. The van der Waals surface area contributed by atoms with Crippen molar-refractivity contribution >= 4 is 10.9 Å². The van der Waals surface area contributed by atoms with Gasteiger partial charge in [0.25, 0.3) is 0 Å². The van der Waals surface area contributed by atoms with Crippen LogP contribution in [0, 0.1) is 11.6 Å². The van der Waals surface area contributed by atoms with Crippen molar-refractivity contribution in [1.29, 1.82) is 0 Å². The van der Waals surface area contributed by atoms with Crippen LogP contribution < -0.4 is 4.74 Å². The van der Waals surface area contributed by atoms with Gasteiger partial charge in [0.1, 0.15) is 17.4 Å². The first kappa shape index (κ1) is 19.0. The van der Waals surface area contributed by atoms with Gasteiger partial charge in [0.15, 0.2) is 21.0 Å². The molecule has 0 bridgehead atoms. The van der Waals surface area contributed by atoms with E-state index in [2.05, 4.69) is 0 Å². The van der Waals surface area contributed by atoms with Gasteiger partial charge in [-0.2, -0.15) is 0 Å². The van der Waals surface area contributed by atoms with Gasteiger partial charge in [-0.05, 0) is 85.6 Å². The molecule has 1 atom stereocenters. The SMILES string of the molecule is Fc1ccc([S+](c2ccc(F)cc2)c2ccc(OC3CCCCO3)cc2)cc1. The van der Waals surface area contributed by atoms with Gasteiger partial charge < -0.3 is 9.47 Å². The van der Waals surface area contributed by atoms with Gasteiger partial charge in [0.2, 0.25) is 0 Å². The summed E-state index contributed by atoms with van der Waals surface area (Å²) in [6.45, 7) is 0.737. The summed E-state index contributed by atoms with van der Waals surface area (Å²) >= 11 is 0. The second kappa shape index (κ2) is 8.76. The van der Waals surface area contributed by atoms with Crippen molar-refractivity contribution in [2.24, 2.45) is 0 Å². The third-order valence-electron chi connectivity index (χ3n) is 4.56. The molecular formula is C23H21F2O2S+. The molecule has 1 unspecified atom stereocenters. The minimum absolute atomic E-state index is 0.188. The Hall–Kier alpha value is -2.37. The third-order valence-corrected chi connectivity index (χ3v) is 6.79. The van der Waals surface area contributed by atoms with Crippen LogP contribution in [0.3, 0.4) is 0 Å². The monoisotopic (exact) mass is 399 g/mol. The van der Waals surface area contributed by atoms with Crippen molar-refractivity contribution < 1.29 is 18.3 Å². The summed E-state index contributed by atoms with van der Waals surface area (Å²) in [4.78, 5) is 2.99. The van der Waals surface area contributed by atoms with Crippen LogP contribution in [0.1, 0.15) is 19.3 Å². The van der Waals surface area contributed by atoms with Crippen LogP contribution >= 0.6 is 0 Å². The second-order valence-corrected chi connectivity index (χ2v) is 8.63. The highest BCUT2D eigenvalue weighted by atomic mass is 32.2. The Kier molecular flexibility index (Phi) is 5.93. The van der Waals surface area contributed by atoms with E-state index in [0.29, 0.717) is 0 Å². The zero-order chi connectivity index (χ0) is 19.3. The summed E-state index contributed by atoms with van der Waals surface area (Å²) < 4.78 is 38.4. The number of halogens is 2. The van der Waals surface area contributed by atoms with E-state index in [1.807, 2.05) is 24.3 Å². The van der Waals surface area contributed by atoms with Crippen LogP contribution in [0.5, 0.6) is 5.75 Å². The molecule has 5 heteroatoms. The topological polar surface area (TPSA) is 18.5 Å². The summed E-state index contributed by atoms with van der Waals surface area (Å²) in [7, 11) is -0.466. The fourth-order valence-electron chi connectivity index (χ4n) is 3.16. The van der Waals surface area contributed by atoms with E-state index in [0.717, 1.165) is 46.3 Å². The van der Waals surface area contributed by atoms with Crippen LogP contribution in [-0.2, 0) is 15.6 Å². The summed E-state index contributed by atoms with van der Waals surface area (Å²) in [5.41, 5.74) is 0. The largest absolute Gasteiger partial charge is 0.465 e. The molecule has 3 aromatic rings. The van der Waals surface area contributed by atoms with Gasteiger partial charge in [0.05, 0.1) is 17.5 Å². The maximum absolute atomic E-state index is 13.4. The predicted molar refractivity (Wildman–Crippen MR) is 106 cm³/mol. The molecule has 1 fully saturated rings. The highest BCUT2D eigenvalue weighted by Gasteiger charge is 2.29. The van der Waals surface area contributed by atoms with E-state index in [-0.39, 0.29) is 17.9 Å². The van der Waals surface area contributed by atoms with Crippen LogP contribution in [-0.4, -0.2) is 12.9 Å². The highest BCUT2D eigenvalue weighted by Crippen LogP contribution is 2.32. The standard InChI is InChI=1S/C23H21F2O2S/c24-17-4-10-20(11-5-17)28(21-12-6-18(25)7-13-21)22-14-8-19(9-15-22)27-23-3-1-2-16-26-23/h4-15,23H,1-3,16H2/q+1. The number of hydrogen-bond donors (Lipinski definition) is 0. The lowest BCUT2D eigenvalue weighted by Crippen LogP contribution is -2.24. The van der Waals surface area contributed by atoms with Crippen molar-refractivity contribution in [2.45, 2.75) is 40.2 Å². The van der Waals surface area contributed by atoms with Crippen LogP contribution in [0.4, 0.5) is 8.78 Å². The molecule has 0 N–H and O–H groups in total. The smallest absolute Gasteiger partial charge is 0.199 e. The lowest BCUT2D eigenvalue weighted by Gasteiger charge is -2.23. The quantitative estimate of drug-likeness (QED) is 0.493. The van der Waals surface area contributed by atoms with E-state index < -0.39 is 10.9 Å². The fourth-order valence-corrected chi connectivity index (χ4v) is 5.20. The van der Waals surface area contributed by atoms with Gasteiger partial charge >= 0.3 is 0 Å². The first-order valence-electron chi connectivity index (χ1n) is 9.33. The molecule has 1 saturated heterocycles. The van der Waals surface area contributed by atoms with Gasteiger partial charge in [-0.3, -0.25) is 0 Å². The molecule has 28 heavy (non-hydrogen) atoms. The lowest BCUT2D eigenvalue weighted by atomic mass is 10.2. The van der Waals surface area contributed by atoms with Crippen LogP contribution in [0.25, 0.3) is 0 Å². The predicted octanol–water partition coefficient (Wildman–Crippen LogP) is 5.97. The van der Waals surface area contributed by atoms with E-state index in [9.17, 15) is 8.78 Å². The molecule has 0 amide bonds. The van der Waals surface area contributed by atoms with Gasteiger partial charge in [-0.15, -0.1) is 0 Å². The molecule has 2 nitrogen and oxygen atoms in total. The van der Waals surface area contributed by atoms with Crippen molar-refractivity contribution in [2.75, 3.05) is 6.61 Å². The maximum atomic E-state index is 13.4. The molecule has 4 rings (SSSR count). The van der Waals surface area contributed by atoms with Crippen molar-refractivity contribution in [3.05, 3.63) is 84.4 Å².